The van der Waals surface area contributed by atoms with E-state index in [-0.39, 0.29) is 18.1 Å². The lowest BCUT2D eigenvalue weighted by atomic mass is 9.95. The summed E-state index contributed by atoms with van der Waals surface area (Å²) >= 11 is 0. The highest BCUT2D eigenvalue weighted by Crippen LogP contribution is 2.48. The molecule has 1 aromatic carbocycles. The molecule has 8 nitrogen and oxygen atoms in total. The van der Waals surface area contributed by atoms with Gasteiger partial charge < -0.3 is 5.32 Å². The monoisotopic (exact) mass is 559 g/mol. The van der Waals surface area contributed by atoms with Gasteiger partial charge in [-0.3, -0.25) is 14.5 Å². The Kier molecular flexibility index (Phi) is 7.58. The Morgan fingerprint density at radius 2 is 1.88 bits per heavy atom. The SMILES string of the molecule is O=C(NCc1ccc(CF)nc1)c1cn(CCCCc2cc3c(nn2)CC(C2CC2)=C3c2ccc(F)cc2F)nn1. The quantitative estimate of drug-likeness (QED) is 0.262. The number of aryl methyl sites for hydroxylation is 2. The lowest BCUT2D eigenvalue weighted by Gasteiger charge is -2.11. The number of aromatic nitrogens is 6. The van der Waals surface area contributed by atoms with Crippen LogP contribution >= 0.6 is 0 Å². The van der Waals surface area contributed by atoms with Gasteiger partial charge in [-0.2, -0.15) is 10.2 Å². The predicted molar refractivity (Wildman–Crippen MR) is 144 cm³/mol. The van der Waals surface area contributed by atoms with Crippen molar-refractivity contribution in [3.8, 4) is 0 Å². The van der Waals surface area contributed by atoms with Crippen LogP contribution in [0.3, 0.4) is 0 Å². The molecule has 0 spiro atoms. The minimum absolute atomic E-state index is 0.210. The fourth-order valence-corrected chi connectivity index (χ4v) is 5.16. The zero-order valence-electron chi connectivity index (χ0n) is 22.3. The number of nitrogens with one attached hydrogen (secondary N) is 1. The van der Waals surface area contributed by atoms with Crippen molar-refractivity contribution in [1.29, 1.82) is 0 Å². The highest BCUT2D eigenvalue weighted by atomic mass is 19.1. The van der Waals surface area contributed by atoms with Crippen LogP contribution in [0.5, 0.6) is 0 Å². The third-order valence-corrected chi connectivity index (χ3v) is 7.46. The number of pyridine rings is 1. The molecule has 1 fully saturated rings. The van der Waals surface area contributed by atoms with Gasteiger partial charge in [0.05, 0.1) is 23.3 Å². The molecular weight excluding hydrogens is 531 g/mol. The number of nitrogens with zero attached hydrogens (tertiary/aromatic N) is 6. The smallest absolute Gasteiger partial charge is 0.273 e. The molecule has 1 saturated carbocycles. The van der Waals surface area contributed by atoms with Gasteiger partial charge in [0.25, 0.3) is 5.91 Å². The standard InChI is InChI=1S/C30H28F3N7O/c31-14-22-8-4-18(15-34-22)16-35-30(41)28-17-40(39-38-28)10-2-1-3-21-12-25-27(37-36-21)13-24(19-5-6-19)29(25)23-9-7-20(32)11-26(23)33/h4,7-9,11-12,15,17,19H,1-3,5-6,10,13-14,16H2,(H,35,41). The van der Waals surface area contributed by atoms with E-state index in [1.54, 1.807) is 23.0 Å². The van der Waals surface area contributed by atoms with E-state index in [0.717, 1.165) is 59.8 Å². The van der Waals surface area contributed by atoms with Gasteiger partial charge in [-0.25, -0.2) is 13.2 Å². The Morgan fingerprint density at radius 3 is 2.63 bits per heavy atom. The van der Waals surface area contributed by atoms with Crippen LogP contribution in [0.15, 0.2) is 54.4 Å². The lowest BCUT2D eigenvalue weighted by Crippen LogP contribution is -2.23. The fraction of sp³-hybridized carbons (Fsp3) is 0.333. The second kappa shape index (κ2) is 11.6. The van der Waals surface area contributed by atoms with E-state index in [0.29, 0.717) is 36.6 Å². The van der Waals surface area contributed by atoms with Gasteiger partial charge in [0, 0.05) is 42.9 Å². The van der Waals surface area contributed by atoms with Crippen LogP contribution in [0.2, 0.25) is 0 Å². The number of carbonyl (C=O) groups is 1. The van der Waals surface area contributed by atoms with Crippen LogP contribution in [-0.2, 0) is 32.6 Å². The second-order valence-electron chi connectivity index (χ2n) is 10.5. The number of alkyl halides is 1. The summed E-state index contributed by atoms with van der Waals surface area (Å²) in [6.07, 6.45) is 8.20. The zero-order chi connectivity index (χ0) is 28.3. The van der Waals surface area contributed by atoms with Gasteiger partial charge in [-0.1, -0.05) is 16.9 Å². The summed E-state index contributed by atoms with van der Waals surface area (Å²) in [6, 6.07) is 9.05. The fourth-order valence-electron chi connectivity index (χ4n) is 5.16. The number of benzene rings is 1. The van der Waals surface area contributed by atoms with Gasteiger partial charge in [0.15, 0.2) is 5.69 Å². The first-order valence-corrected chi connectivity index (χ1v) is 13.7. The number of halogens is 3. The van der Waals surface area contributed by atoms with Crippen molar-refractivity contribution in [3.05, 3.63) is 105 Å². The molecule has 1 N–H and O–H groups in total. The molecular formula is C30H28F3N7O. The second-order valence-corrected chi connectivity index (χ2v) is 10.5. The topological polar surface area (TPSA) is 98.5 Å². The van der Waals surface area contributed by atoms with Crippen molar-refractivity contribution in [3.63, 3.8) is 0 Å². The Labute approximate surface area is 234 Å². The maximum atomic E-state index is 14.8. The first-order valence-electron chi connectivity index (χ1n) is 13.7. The van der Waals surface area contributed by atoms with Crippen molar-refractivity contribution >= 4 is 11.5 Å². The largest absolute Gasteiger partial charge is 0.346 e. The highest BCUT2D eigenvalue weighted by molar-refractivity contribution is 5.91. The van der Waals surface area contributed by atoms with Gasteiger partial charge in [0.2, 0.25) is 0 Å². The molecule has 11 heteroatoms. The average Bonchev–Trinajstić information content (AvgIpc) is 3.60. The van der Waals surface area contributed by atoms with E-state index in [4.69, 9.17) is 0 Å². The summed E-state index contributed by atoms with van der Waals surface area (Å²) in [5.74, 6) is -1.08. The molecule has 2 aliphatic carbocycles. The number of unbranched alkanes of at least 4 members (excludes halogenated alkanes) is 1. The normalized spacial score (nSPS) is 14.4. The molecule has 0 radical (unpaired) electrons. The third-order valence-electron chi connectivity index (χ3n) is 7.46. The van der Waals surface area contributed by atoms with Crippen LogP contribution in [0.1, 0.15) is 69.9 Å². The summed E-state index contributed by atoms with van der Waals surface area (Å²) in [6.45, 7) is 0.194. The molecule has 210 valence electrons. The highest BCUT2D eigenvalue weighted by Gasteiger charge is 2.35. The number of carbonyl (C=O) groups excluding carboxylic acids is 1. The van der Waals surface area contributed by atoms with Gasteiger partial charge in [0.1, 0.15) is 18.3 Å². The van der Waals surface area contributed by atoms with Crippen molar-refractivity contribution in [2.24, 2.45) is 5.92 Å². The molecule has 0 aliphatic heterocycles. The van der Waals surface area contributed by atoms with Crippen molar-refractivity contribution in [1.82, 2.24) is 35.5 Å². The molecule has 2 aliphatic rings. The van der Waals surface area contributed by atoms with Crippen LogP contribution < -0.4 is 5.32 Å². The van der Waals surface area contributed by atoms with Crippen LogP contribution in [0.4, 0.5) is 13.2 Å². The number of rotatable bonds is 11. The number of allylic oxidation sites excluding steroid dienone is 1. The molecule has 41 heavy (non-hydrogen) atoms. The summed E-state index contributed by atoms with van der Waals surface area (Å²) in [5, 5.41) is 19.7. The molecule has 4 aromatic rings. The first kappa shape index (κ1) is 26.8. The van der Waals surface area contributed by atoms with Gasteiger partial charge in [-0.15, -0.1) is 5.10 Å². The van der Waals surface area contributed by atoms with E-state index in [2.05, 4.69) is 30.8 Å². The molecule has 0 atom stereocenters. The van der Waals surface area contributed by atoms with Crippen LogP contribution in [-0.4, -0.2) is 36.1 Å². The average molecular weight is 560 g/mol. The molecule has 3 aromatic heterocycles. The zero-order valence-corrected chi connectivity index (χ0v) is 22.3. The third kappa shape index (κ3) is 6.03. The Bertz CT molecular complexity index is 1610. The number of hydrogen-bond donors (Lipinski definition) is 1. The number of amides is 1. The summed E-state index contributed by atoms with van der Waals surface area (Å²) < 4.78 is 42.6. The van der Waals surface area contributed by atoms with Gasteiger partial charge in [-0.05, 0) is 73.4 Å². The van der Waals surface area contributed by atoms with E-state index in [1.165, 1.54) is 23.9 Å². The maximum absolute atomic E-state index is 14.8. The molecule has 0 saturated heterocycles. The Hall–Kier alpha value is -4.41. The molecule has 3 heterocycles. The molecule has 0 unspecified atom stereocenters. The Balaban J connectivity index is 1.04. The van der Waals surface area contributed by atoms with Crippen molar-refractivity contribution in [2.75, 3.05) is 0 Å². The minimum atomic E-state index is -0.630. The van der Waals surface area contributed by atoms with E-state index < -0.39 is 18.3 Å². The van der Waals surface area contributed by atoms with Crippen LogP contribution in [0.25, 0.3) is 5.57 Å². The van der Waals surface area contributed by atoms with E-state index in [9.17, 15) is 18.0 Å². The summed E-state index contributed by atoms with van der Waals surface area (Å²) in [4.78, 5) is 16.4. The minimum Gasteiger partial charge on any atom is -0.346 e. The Morgan fingerprint density at radius 1 is 1.00 bits per heavy atom. The van der Waals surface area contributed by atoms with Gasteiger partial charge >= 0.3 is 0 Å². The summed E-state index contributed by atoms with van der Waals surface area (Å²) in [5.41, 5.74) is 6.30. The van der Waals surface area contributed by atoms with Crippen LogP contribution in [0, 0.1) is 17.6 Å². The van der Waals surface area contributed by atoms with Crippen molar-refractivity contribution < 1.29 is 18.0 Å². The number of fused-ring (bicyclic) bond motifs is 1. The maximum Gasteiger partial charge on any atom is 0.273 e. The molecule has 1 amide bonds. The van der Waals surface area contributed by atoms with E-state index >= 15 is 0 Å². The predicted octanol–water partition coefficient (Wildman–Crippen LogP) is 4.93. The number of hydrogen-bond acceptors (Lipinski definition) is 6. The summed E-state index contributed by atoms with van der Waals surface area (Å²) in [7, 11) is 0. The molecule has 0 bridgehead atoms. The van der Waals surface area contributed by atoms with Crippen molar-refractivity contribution in [2.45, 2.75) is 58.3 Å². The first-order chi connectivity index (χ1) is 20.0. The van der Waals surface area contributed by atoms with E-state index in [1.807, 2.05) is 6.07 Å². The lowest BCUT2D eigenvalue weighted by molar-refractivity contribution is 0.0945. The molecule has 6 rings (SSSR count).